The van der Waals surface area contributed by atoms with Crippen molar-refractivity contribution >= 4 is 34.6 Å². The van der Waals surface area contributed by atoms with E-state index in [1.165, 1.54) is 6.42 Å². The Hall–Kier alpha value is -1.86. The lowest BCUT2D eigenvalue weighted by atomic mass is 9.98. The molecule has 122 valence electrons. The molecule has 0 saturated carbocycles. The van der Waals surface area contributed by atoms with E-state index < -0.39 is 5.97 Å². The van der Waals surface area contributed by atoms with Crippen LogP contribution >= 0.6 is 11.9 Å². The molecule has 1 aliphatic rings. The van der Waals surface area contributed by atoms with Gasteiger partial charge in [-0.3, -0.25) is 4.72 Å². The third-order valence-electron chi connectivity index (χ3n) is 4.20. The third kappa shape index (κ3) is 3.56. The molecule has 23 heavy (non-hydrogen) atoms. The Bertz CT molecular complexity index is 710. The highest BCUT2D eigenvalue weighted by molar-refractivity contribution is 7.96. The van der Waals surface area contributed by atoms with Gasteiger partial charge in [0.15, 0.2) is 0 Å². The Kier molecular flexibility index (Phi) is 4.97. The second-order valence-corrected chi connectivity index (χ2v) is 6.44. The summed E-state index contributed by atoms with van der Waals surface area (Å²) in [6.07, 6.45) is 5.91. The number of fused-ring (bicyclic) bond motifs is 1. The molecule has 1 unspecified atom stereocenters. The van der Waals surface area contributed by atoms with Crippen LogP contribution in [0, 0.1) is 5.92 Å². The summed E-state index contributed by atoms with van der Waals surface area (Å²) in [5, 5.41) is 10.0. The molecule has 2 heterocycles. The predicted octanol–water partition coefficient (Wildman–Crippen LogP) is 2.41. The van der Waals surface area contributed by atoms with Gasteiger partial charge in [-0.25, -0.2) is 14.8 Å². The third-order valence-corrected chi connectivity index (χ3v) is 4.65. The molecule has 0 aliphatic carbocycles. The second-order valence-electron chi connectivity index (χ2n) is 5.74. The van der Waals surface area contributed by atoms with Crippen LogP contribution in [0.1, 0.15) is 23.2 Å². The van der Waals surface area contributed by atoms with Gasteiger partial charge < -0.3 is 10.0 Å². The number of aromatic nitrogens is 2. The van der Waals surface area contributed by atoms with E-state index in [-0.39, 0.29) is 5.56 Å². The zero-order valence-electron chi connectivity index (χ0n) is 13.0. The number of rotatable bonds is 5. The van der Waals surface area contributed by atoms with Crippen LogP contribution in [0.2, 0.25) is 0 Å². The Labute approximate surface area is 139 Å². The molecule has 0 spiro atoms. The summed E-state index contributed by atoms with van der Waals surface area (Å²) in [4.78, 5) is 22.2. The van der Waals surface area contributed by atoms with E-state index in [1.807, 2.05) is 6.26 Å². The second kappa shape index (κ2) is 7.14. The largest absolute Gasteiger partial charge is 0.478 e. The van der Waals surface area contributed by atoms with Gasteiger partial charge in [-0.2, -0.15) is 0 Å². The minimum absolute atomic E-state index is 0.270. The Morgan fingerprint density at radius 1 is 1.48 bits per heavy atom. The molecule has 1 saturated heterocycles. The molecular formula is C16H20N4O2S. The van der Waals surface area contributed by atoms with Crippen molar-refractivity contribution in [2.75, 3.05) is 30.8 Å². The topological polar surface area (TPSA) is 78.3 Å². The van der Waals surface area contributed by atoms with Gasteiger partial charge in [0.2, 0.25) is 0 Å². The summed E-state index contributed by atoms with van der Waals surface area (Å²) in [6, 6.07) is 5.01. The summed E-state index contributed by atoms with van der Waals surface area (Å²) in [7, 11) is 0. The lowest BCUT2D eigenvalue weighted by Gasteiger charge is -2.34. The van der Waals surface area contributed by atoms with E-state index in [0.29, 0.717) is 5.92 Å². The van der Waals surface area contributed by atoms with Crippen molar-refractivity contribution in [3.8, 4) is 0 Å². The smallest absolute Gasteiger partial charge is 0.335 e. The fourth-order valence-electron chi connectivity index (χ4n) is 3.05. The van der Waals surface area contributed by atoms with Crippen molar-refractivity contribution in [2.24, 2.45) is 5.92 Å². The molecule has 1 aromatic heterocycles. The maximum atomic E-state index is 11.2. The van der Waals surface area contributed by atoms with Crippen LogP contribution < -0.4 is 9.62 Å². The van der Waals surface area contributed by atoms with E-state index in [9.17, 15) is 9.90 Å². The Balaban J connectivity index is 1.92. The average Bonchev–Trinajstić information content (AvgIpc) is 2.59. The lowest BCUT2D eigenvalue weighted by Crippen LogP contribution is -2.39. The first-order chi connectivity index (χ1) is 11.2. The minimum atomic E-state index is -0.928. The maximum Gasteiger partial charge on any atom is 0.335 e. The molecule has 6 nitrogen and oxygen atoms in total. The molecule has 2 aromatic rings. The number of hydrogen-bond acceptors (Lipinski definition) is 6. The molecule has 1 aliphatic heterocycles. The summed E-state index contributed by atoms with van der Waals surface area (Å²) in [6.45, 7) is 2.84. The fourth-order valence-corrected chi connectivity index (χ4v) is 3.46. The van der Waals surface area contributed by atoms with Crippen LogP contribution in [-0.2, 0) is 0 Å². The molecule has 1 fully saturated rings. The first kappa shape index (κ1) is 16.0. The van der Waals surface area contributed by atoms with E-state index in [0.717, 1.165) is 42.8 Å². The maximum absolute atomic E-state index is 11.2. The molecule has 1 aromatic carbocycles. The molecule has 2 N–H and O–H groups in total. The number of nitrogens with one attached hydrogen (secondary N) is 1. The number of carboxylic acid groups (broad SMARTS) is 1. The molecule has 0 amide bonds. The van der Waals surface area contributed by atoms with E-state index in [2.05, 4.69) is 19.6 Å². The van der Waals surface area contributed by atoms with Gasteiger partial charge >= 0.3 is 5.97 Å². The van der Waals surface area contributed by atoms with Gasteiger partial charge in [0.1, 0.15) is 12.1 Å². The van der Waals surface area contributed by atoms with E-state index in [1.54, 1.807) is 36.5 Å². The van der Waals surface area contributed by atoms with Crippen molar-refractivity contribution in [3.05, 3.63) is 30.1 Å². The Morgan fingerprint density at radius 3 is 3.13 bits per heavy atom. The molecule has 0 bridgehead atoms. The predicted molar refractivity (Wildman–Crippen MR) is 93.0 cm³/mol. The van der Waals surface area contributed by atoms with Gasteiger partial charge in [0.05, 0.1) is 11.1 Å². The number of benzene rings is 1. The monoisotopic (exact) mass is 332 g/mol. The van der Waals surface area contributed by atoms with Gasteiger partial charge in [0, 0.05) is 25.0 Å². The molecular weight excluding hydrogens is 312 g/mol. The van der Waals surface area contributed by atoms with Crippen molar-refractivity contribution in [1.82, 2.24) is 14.7 Å². The van der Waals surface area contributed by atoms with Crippen molar-refractivity contribution in [2.45, 2.75) is 12.8 Å². The number of hydrogen-bond donors (Lipinski definition) is 2. The standard InChI is InChI=1S/C16H20N4O2S/c1-23-19-8-11-3-2-6-20(9-11)15-13-7-12(16(21)22)4-5-14(13)17-10-18-15/h4-5,7,10-11,19H,2-3,6,8-9H2,1H3,(H,21,22). The van der Waals surface area contributed by atoms with Crippen molar-refractivity contribution in [3.63, 3.8) is 0 Å². The van der Waals surface area contributed by atoms with Crippen LogP contribution in [-0.4, -0.2) is 46.9 Å². The number of carbonyl (C=O) groups is 1. The summed E-state index contributed by atoms with van der Waals surface area (Å²) < 4.78 is 3.33. The van der Waals surface area contributed by atoms with E-state index >= 15 is 0 Å². The lowest BCUT2D eigenvalue weighted by molar-refractivity contribution is 0.0697. The zero-order valence-corrected chi connectivity index (χ0v) is 13.8. The highest BCUT2D eigenvalue weighted by Crippen LogP contribution is 2.28. The summed E-state index contributed by atoms with van der Waals surface area (Å²) in [5.41, 5.74) is 1.05. The number of piperidine rings is 1. The highest BCUT2D eigenvalue weighted by atomic mass is 32.2. The average molecular weight is 332 g/mol. The van der Waals surface area contributed by atoms with Crippen molar-refractivity contribution in [1.29, 1.82) is 0 Å². The van der Waals surface area contributed by atoms with Crippen LogP contribution in [0.5, 0.6) is 0 Å². The quantitative estimate of drug-likeness (QED) is 0.814. The van der Waals surface area contributed by atoms with Crippen LogP contribution in [0.4, 0.5) is 5.82 Å². The van der Waals surface area contributed by atoms with Crippen molar-refractivity contribution < 1.29 is 9.90 Å². The number of anilines is 1. The van der Waals surface area contributed by atoms with Gasteiger partial charge in [-0.05, 0) is 43.2 Å². The van der Waals surface area contributed by atoms with Gasteiger partial charge in [-0.15, -0.1) is 0 Å². The SMILES string of the molecule is CSNCC1CCCN(c2ncnc3ccc(C(=O)O)cc23)C1. The number of carboxylic acids is 1. The van der Waals surface area contributed by atoms with E-state index in [4.69, 9.17) is 0 Å². The normalized spacial score (nSPS) is 18.3. The summed E-state index contributed by atoms with van der Waals surface area (Å²) >= 11 is 1.64. The first-order valence-electron chi connectivity index (χ1n) is 7.68. The molecule has 7 heteroatoms. The fraction of sp³-hybridized carbons (Fsp3) is 0.438. The molecule has 1 atom stereocenters. The molecule has 3 rings (SSSR count). The summed E-state index contributed by atoms with van der Waals surface area (Å²) in [5.74, 6) is 0.484. The van der Waals surface area contributed by atoms with Gasteiger partial charge in [-0.1, -0.05) is 11.9 Å². The van der Waals surface area contributed by atoms with Crippen LogP contribution in [0.25, 0.3) is 10.9 Å². The first-order valence-corrected chi connectivity index (χ1v) is 8.90. The zero-order chi connectivity index (χ0) is 16.2. The molecule has 0 radical (unpaired) electrons. The van der Waals surface area contributed by atoms with Crippen LogP contribution in [0.15, 0.2) is 24.5 Å². The number of aromatic carboxylic acids is 1. The van der Waals surface area contributed by atoms with Gasteiger partial charge in [0.25, 0.3) is 0 Å². The highest BCUT2D eigenvalue weighted by Gasteiger charge is 2.22. The number of nitrogens with zero attached hydrogens (tertiary/aromatic N) is 3. The minimum Gasteiger partial charge on any atom is -0.478 e. The van der Waals surface area contributed by atoms with Crippen LogP contribution in [0.3, 0.4) is 0 Å². The Morgan fingerprint density at radius 2 is 2.35 bits per heavy atom.